The fraction of sp³-hybridized carbons (Fsp3) is 0.350. The molecule has 0 unspecified atom stereocenters. The minimum Gasteiger partial charge on any atom is -0.348 e. The van der Waals surface area contributed by atoms with Gasteiger partial charge in [-0.15, -0.1) is 0 Å². The number of aryl methyl sites for hydroxylation is 3. The zero-order chi connectivity index (χ0) is 18.7. The smallest absolute Gasteiger partial charge is 0.251 e. The molecule has 0 saturated carbocycles. The van der Waals surface area contributed by atoms with Crippen molar-refractivity contribution < 1.29 is 4.79 Å². The highest BCUT2D eigenvalue weighted by atomic mass is 16.1. The van der Waals surface area contributed by atoms with Gasteiger partial charge in [0, 0.05) is 35.6 Å². The summed E-state index contributed by atoms with van der Waals surface area (Å²) in [5.41, 5.74) is 6.05. The van der Waals surface area contributed by atoms with Gasteiger partial charge in [0.2, 0.25) is 0 Å². The average Bonchev–Trinajstić information content (AvgIpc) is 3.14. The molecule has 3 rings (SSSR count). The molecule has 0 aliphatic carbocycles. The highest BCUT2D eigenvalue weighted by Crippen LogP contribution is 2.10. The van der Waals surface area contributed by atoms with Crippen LogP contribution in [-0.2, 0) is 19.6 Å². The predicted molar refractivity (Wildman–Crippen MR) is 101 cm³/mol. The van der Waals surface area contributed by atoms with Crippen LogP contribution in [0.1, 0.15) is 45.5 Å². The van der Waals surface area contributed by atoms with Gasteiger partial charge >= 0.3 is 0 Å². The first kappa shape index (κ1) is 17.9. The van der Waals surface area contributed by atoms with Crippen molar-refractivity contribution in [2.45, 2.75) is 47.3 Å². The van der Waals surface area contributed by atoms with Crippen LogP contribution in [0, 0.1) is 20.8 Å². The predicted octanol–water partition coefficient (Wildman–Crippen LogP) is 3.00. The lowest BCUT2D eigenvalue weighted by atomic mass is 10.1. The van der Waals surface area contributed by atoms with Crippen molar-refractivity contribution in [3.63, 3.8) is 0 Å². The molecular formula is C20H25N5O. The fourth-order valence-electron chi connectivity index (χ4n) is 3.02. The highest BCUT2D eigenvalue weighted by Gasteiger charge is 2.09. The summed E-state index contributed by atoms with van der Waals surface area (Å²) in [6.45, 7) is 10.1. The monoisotopic (exact) mass is 351 g/mol. The van der Waals surface area contributed by atoms with Crippen LogP contribution in [0.3, 0.4) is 0 Å². The number of rotatable bonds is 6. The SMILES string of the molecule is CCn1ncc(CNC(=O)c2ccc(Cn3nc(C)cc3C)cc2)c1C. The number of nitrogens with zero attached hydrogens (tertiary/aromatic N) is 4. The van der Waals surface area contributed by atoms with Crippen LogP contribution >= 0.6 is 0 Å². The quantitative estimate of drug-likeness (QED) is 0.742. The molecule has 0 aliphatic heterocycles. The number of hydrogen-bond acceptors (Lipinski definition) is 3. The van der Waals surface area contributed by atoms with Crippen LogP contribution in [0.25, 0.3) is 0 Å². The first-order chi connectivity index (χ1) is 12.5. The minimum absolute atomic E-state index is 0.0775. The van der Waals surface area contributed by atoms with Gasteiger partial charge in [0.15, 0.2) is 0 Å². The minimum atomic E-state index is -0.0775. The van der Waals surface area contributed by atoms with Crippen molar-refractivity contribution in [1.29, 1.82) is 0 Å². The third-order valence-electron chi connectivity index (χ3n) is 4.60. The van der Waals surface area contributed by atoms with Gasteiger partial charge < -0.3 is 5.32 Å². The molecule has 3 aromatic rings. The molecule has 2 aromatic heterocycles. The van der Waals surface area contributed by atoms with Crippen molar-refractivity contribution >= 4 is 5.91 Å². The van der Waals surface area contributed by atoms with E-state index >= 15 is 0 Å². The zero-order valence-corrected chi connectivity index (χ0v) is 15.8. The van der Waals surface area contributed by atoms with Crippen molar-refractivity contribution in [2.24, 2.45) is 0 Å². The maximum Gasteiger partial charge on any atom is 0.251 e. The maximum absolute atomic E-state index is 12.4. The van der Waals surface area contributed by atoms with Crippen molar-refractivity contribution in [1.82, 2.24) is 24.9 Å². The van der Waals surface area contributed by atoms with Crippen LogP contribution < -0.4 is 5.32 Å². The summed E-state index contributed by atoms with van der Waals surface area (Å²) in [4.78, 5) is 12.4. The number of nitrogens with one attached hydrogen (secondary N) is 1. The Morgan fingerprint density at radius 3 is 2.42 bits per heavy atom. The number of carbonyl (C=O) groups is 1. The molecule has 136 valence electrons. The second-order valence-corrected chi connectivity index (χ2v) is 6.54. The van der Waals surface area contributed by atoms with E-state index in [1.807, 2.05) is 60.6 Å². The average molecular weight is 351 g/mol. The molecule has 0 saturated heterocycles. The molecule has 1 N–H and O–H groups in total. The molecule has 0 fully saturated rings. The number of hydrogen-bond donors (Lipinski definition) is 1. The molecule has 1 aromatic carbocycles. The Labute approximate surface area is 153 Å². The fourth-order valence-corrected chi connectivity index (χ4v) is 3.02. The molecular weight excluding hydrogens is 326 g/mol. The molecule has 0 spiro atoms. The van der Waals surface area contributed by atoms with E-state index in [0.29, 0.717) is 18.7 Å². The van der Waals surface area contributed by atoms with Crippen LogP contribution in [0.2, 0.25) is 0 Å². The van der Waals surface area contributed by atoms with E-state index in [9.17, 15) is 4.79 Å². The molecule has 0 aliphatic rings. The van der Waals surface area contributed by atoms with Crippen LogP contribution in [0.5, 0.6) is 0 Å². The molecule has 0 bridgehead atoms. The Balaban J connectivity index is 1.61. The number of benzene rings is 1. The molecule has 0 atom stereocenters. The van der Waals surface area contributed by atoms with Gasteiger partial charge in [0.25, 0.3) is 5.91 Å². The lowest BCUT2D eigenvalue weighted by Gasteiger charge is -2.08. The van der Waals surface area contributed by atoms with E-state index < -0.39 is 0 Å². The van der Waals surface area contributed by atoms with Gasteiger partial charge in [-0.3, -0.25) is 14.2 Å². The van der Waals surface area contributed by atoms with Gasteiger partial charge in [-0.05, 0) is 51.5 Å². The van der Waals surface area contributed by atoms with E-state index in [1.165, 1.54) is 0 Å². The van der Waals surface area contributed by atoms with Crippen LogP contribution in [-0.4, -0.2) is 25.5 Å². The molecule has 1 amide bonds. The summed E-state index contributed by atoms with van der Waals surface area (Å²) in [5.74, 6) is -0.0775. The van der Waals surface area contributed by atoms with Gasteiger partial charge in [-0.25, -0.2) is 0 Å². The number of amides is 1. The standard InChI is InChI=1S/C20H25N5O/c1-5-24-16(4)19(12-22-24)11-21-20(26)18-8-6-17(7-9-18)13-25-15(3)10-14(2)23-25/h6-10,12H,5,11,13H2,1-4H3,(H,21,26). The first-order valence-corrected chi connectivity index (χ1v) is 8.87. The van der Waals surface area contributed by atoms with Crippen molar-refractivity contribution in [3.8, 4) is 0 Å². The third kappa shape index (κ3) is 3.85. The summed E-state index contributed by atoms with van der Waals surface area (Å²) in [6, 6.07) is 9.74. The first-order valence-electron chi connectivity index (χ1n) is 8.87. The highest BCUT2D eigenvalue weighted by molar-refractivity contribution is 5.94. The Hall–Kier alpha value is -2.89. The summed E-state index contributed by atoms with van der Waals surface area (Å²) >= 11 is 0. The second-order valence-electron chi connectivity index (χ2n) is 6.54. The van der Waals surface area contributed by atoms with Gasteiger partial charge in [-0.2, -0.15) is 10.2 Å². The summed E-state index contributed by atoms with van der Waals surface area (Å²) < 4.78 is 3.90. The lowest BCUT2D eigenvalue weighted by Crippen LogP contribution is -2.23. The Bertz CT molecular complexity index is 905. The topological polar surface area (TPSA) is 64.7 Å². The lowest BCUT2D eigenvalue weighted by molar-refractivity contribution is 0.0951. The van der Waals surface area contributed by atoms with Crippen LogP contribution in [0.15, 0.2) is 36.5 Å². The van der Waals surface area contributed by atoms with E-state index in [4.69, 9.17) is 0 Å². The number of carbonyl (C=O) groups excluding carboxylic acids is 1. The maximum atomic E-state index is 12.4. The van der Waals surface area contributed by atoms with Crippen molar-refractivity contribution in [2.75, 3.05) is 0 Å². The van der Waals surface area contributed by atoms with Gasteiger partial charge in [0.05, 0.1) is 18.4 Å². The second kappa shape index (κ2) is 7.56. The van der Waals surface area contributed by atoms with Gasteiger partial charge in [0.1, 0.15) is 0 Å². The Morgan fingerprint density at radius 2 is 1.85 bits per heavy atom. The van der Waals surface area contributed by atoms with E-state index in [2.05, 4.69) is 28.5 Å². The number of aromatic nitrogens is 4. The Morgan fingerprint density at radius 1 is 1.12 bits per heavy atom. The van der Waals surface area contributed by atoms with Crippen molar-refractivity contribution in [3.05, 3.63) is 70.3 Å². The summed E-state index contributed by atoms with van der Waals surface area (Å²) in [5, 5.41) is 11.7. The molecule has 6 nitrogen and oxygen atoms in total. The summed E-state index contributed by atoms with van der Waals surface area (Å²) in [7, 11) is 0. The molecule has 26 heavy (non-hydrogen) atoms. The normalized spacial score (nSPS) is 10.9. The van der Waals surface area contributed by atoms with Crippen LogP contribution in [0.4, 0.5) is 0 Å². The van der Waals surface area contributed by atoms with E-state index in [1.54, 1.807) is 0 Å². The molecule has 2 heterocycles. The summed E-state index contributed by atoms with van der Waals surface area (Å²) in [6.07, 6.45) is 1.82. The van der Waals surface area contributed by atoms with Gasteiger partial charge in [-0.1, -0.05) is 12.1 Å². The zero-order valence-electron chi connectivity index (χ0n) is 15.8. The largest absolute Gasteiger partial charge is 0.348 e. The van der Waals surface area contributed by atoms with E-state index in [0.717, 1.165) is 34.8 Å². The molecule has 0 radical (unpaired) electrons. The van der Waals surface area contributed by atoms with E-state index in [-0.39, 0.29) is 5.91 Å². The molecule has 6 heteroatoms. The third-order valence-corrected chi connectivity index (χ3v) is 4.60. The Kier molecular flexibility index (Phi) is 5.21.